The van der Waals surface area contributed by atoms with Gasteiger partial charge in [-0.1, -0.05) is 0 Å². The molecular weight excluding hydrogens is 408 g/mol. The highest BCUT2D eigenvalue weighted by atomic mass is 16.5. The maximum atomic E-state index is 12.4. The van der Waals surface area contributed by atoms with E-state index in [-0.39, 0.29) is 18.1 Å². The molecule has 0 radical (unpaired) electrons. The van der Waals surface area contributed by atoms with Crippen LogP contribution in [0.5, 0.6) is 5.75 Å². The number of ether oxygens (including phenoxy) is 2. The number of nitrogens with one attached hydrogen (secondary N) is 1. The summed E-state index contributed by atoms with van der Waals surface area (Å²) in [5.41, 5.74) is 3.17. The molecule has 0 spiro atoms. The normalized spacial score (nSPS) is 21.5. The minimum Gasteiger partial charge on any atom is -0.488 e. The molecular formula is C23H28N6O3. The van der Waals surface area contributed by atoms with Gasteiger partial charge in [-0.25, -0.2) is 9.97 Å². The van der Waals surface area contributed by atoms with Crippen LogP contribution in [0.15, 0.2) is 37.1 Å². The van der Waals surface area contributed by atoms with Crippen molar-refractivity contribution in [2.75, 3.05) is 31.2 Å². The van der Waals surface area contributed by atoms with Gasteiger partial charge in [0, 0.05) is 56.5 Å². The maximum absolute atomic E-state index is 12.4. The Hall–Kier alpha value is -3.20. The van der Waals surface area contributed by atoms with E-state index in [0.29, 0.717) is 5.69 Å². The third-order valence-electron chi connectivity index (χ3n) is 6.14. The standard InChI is InChI=1S/C23H28N6O3/c1-28-14-20(26-15-28)23(30)27-16-2-4-18(5-3-16)32-21-13-17(29-8-10-31-11-9-29)12-19-22(21)25-7-6-24-19/h6-7,12-16,18H,2-5,8-11H2,1H3,(H,27,30)/t16-,18+. The lowest BCUT2D eigenvalue weighted by Crippen LogP contribution is -2.40. The van der Waals surface area contributed by atoms with Gasteiger partial charge in [0.1, 0.15) is 17.0 Å². The van der Waals surface area contributed by atoms with Crippen LogP contribution in [0.25, 0.3) is 11.0 Å². The lowest BCUT2D eigenvalue weighted by molar-refractivity contribution is 0.0890. The third kappa shape index (κ3) is 4.52. The number of imidazole rings is 1. The van der Waals surface area contributed by atoms with Crippen molar-refractivity contribution in [1.29, 1.82) is 0 Å². The fourth-order valence-electron chi connectivity index (χ4n) is 4.42. The molecule has 1 N–H and O–H groups in total. The Labute approximate surface area is 186 Å². The molecule has 1 amide bonds. The fourth-order valence-corrected chi connectivity index (χ4v) is 4.42. The number of nitrogens with zero attached hydrogens (tertiary/aromatic N) is 5. The molecule has 0 bridgehead atoms. The average molecular weight is 437 g/mol. The molecule has 1 aliphatic heterocycles. The molecule has 3 heterocycles. The summed E-state index contributed by atoms with van der Waals surface area (Å²) in [6.07, 6.45) is 10.4. The van der Waals surface area contributed by atoms with Crippen LogP contribution in [-0.4, -0.2) is 63.9 Å². The Morgan fingerprint density at radius 3 is 2.62 bits per heavy atom. The van der Waals surface area contributed by atoms with Gasteiger partial charge in [-0.3, -0.25) is 9.78 Å². The molecule has 5 rings (SSSR count). The number of rotatable bonds is 5. The van der Waals surface area contributed by atoms with Crippen LogP contribution in [0.2, 0.25) is 0 Å². The van der Waals surface area contributed by atoms with Gasteiger partial charge in [0.05, 0.1) is 31.2 Å². The minimum absolute atomic E-state index is 0.0862. The number of carbonyl (C=O) groups excluding carboxylic acids is 1. The Morgan fingerprint density at radius 2 is 1.88 bits per heavy atom. The van der Waals surface area contributed by atoms with Crippen LogP contribution in [-0.2, 0) is 11.8 Å². The summed E-state index contributed by atoms with van der Waals surface area (Å²) >= 11 is 0. The van der Waals surface area contributed by atoms with Crippen molar-refractivity contribution in [3.63, 3.8) is 0 Å². The van der Waals surface area contributed by atoms with E-state index >= 15 is 0 Å². The van der Waals surface area contributed by atoms with Crippen LogP contribution >= 0.6 is 0 Å². The lowest BCUT2D eigenvalue weighted by atomic mass is 9.92. The number of hydrogen-bond acceptors (Lipinski definition) is 7. The van der Waals surface area contributed by atoms with Crippen LogP contribution < -0.4 is 15.0 Å². The first-order valence-electron chi connectivity index (χ1n) is 11.2. The Bertz CT molecular complexity index is 1090. The number of anilines is 1. The van der Waals surface area contributed by atoms with Crippen LogP contribution in [0.1, 0.15) is 36.2 Å². The molecule has 1 saturated carbocycles. The lowest BCUT2D eigenvalue weighted by Gasteiger charge is -2.31. The molecule has 32 heavy (non-hydrogen) atoms. The van der Waals surface area contributed by atoms with Crippen LogP contribution in [0.3, 0.4) is 0 Å². The summed E-state index contributed by atoms with van der Waals surface area (Å²) in [7, 11) is 1.86. The zero-order chi connectivity index (χ0) is 21.9. The van der Waals surface area contributed by atoms with Crippen LogP contribution in [0, 0.1) is 0 Å². The Kier molecular flexibility index (Phi) is 5.89. The summed E-state index contributed by atoms with van der Waals surface area (Å²) in [5.74, 6) is 0.660. The molecule has 0 atom stereocenters. The number of carbonyl (C=O) groups is 1. The number of morpholine rings is 1. The summed E-state index contributed by atoms with van der Waals surface area (Å²) in [6, 6.07) is 4.29. The van der Waals surface area contributed by atoms with Gasteiger partial charge in [0.25, 0.3) is 5.91 Å². The average Bonchev–Trinajstić information content (AvgIpc) is 3.27. The monoisotopic (exact) mass is 436 g/mol. The quantitative estimate of drug-likeness (QED) is 0.656. The second-order valence-electron chi connectivity index (χ2n) is 8.46. The smallest absolute Gasteiger partial charge is 0.271 e. The summed E-state index contributed by atoms with van der Waals surface area (Å²) in [4.78, 5) is 27.9. The van der Waals surface area contributed by atoms with Crippen molar-refractivity contribution in [2.45, 2.75) is 37.8 Å². The predicted octanol–water partition coefficient (Wildman–Crippen LogP) is 2.32. The zero-order valence-electron chi connectivity index (χ0n) is 18.2. The number of amides is 1. The highest BCUT2D eigenvalue weighted by Crippen LogP contribution is 2.33. The largest absolute Gasteiger partial charge is 0.488 e. The topological polar surface area (TPSA) is 94.4 Å². The van der Waals surface area contributed by atoms with E-state index in [9.17, 15) is 4.79 Å². The summed E-state index contributed by atoms with van der Waals surface area (Å²) < 4.78 is 13.7. The number of fused-ring (bicyclic) bond motifs is 1. The molecule has 1 saturated heterocycles. The molecule has 2 aliphatic rings. The highest BCUT2D eigenvalue weighted by molar-refractivity contribution is 5.92. The molecule has 0 unspecified atom stereocenters. The van der Waals surface area contributed by atoms with Gasteiger partial charge in [0.15, 0.2) is 0 Å². The minimum atomic E-state index is -0.116. The Balaban J connectivity index is 1.25. The van der Waals surface area contributed by atoms with E-state index in [1.165, 1.54) is 0 Å². The first kappa shape index (κ1) is 20.7. The number of aryl methyl sites for hydroxylation is 1. The molecule has 9 heteroatoms. The van der Waals surface area contributed by atoms with Crippen molar-refractivity contribution in [1.82, 2.24) is 24.8 Å². The van der Waals surface area contributed by atoms with E-state index in [4.69, 9.17) is 9.47 Å². The van der Waals surface area contributed by atoms with E-state index in [1.54, 1.807) is 29.5 Å². The van der Waals surface area contributed by atoms with Gasteiger partial charge in [-0.2, -0.15) is 0 Å². The predicted molar refractivity (Wildman–Crippen MR) is 120 cm³/mol. The molecule has 9 nitrogen and oxygen atoms in total. The van der Waals surface area contributed by atoms with Gasteiger partial charge in [-0.15, -0.1) is 0 Å². The maximum Gasteiger partial charge on any atom is 0.271 e. The second-order valence-corrected chi connectivity index (χ2v) is 8.46. The van der Waals surface area contributed by atoms with Gasteiger partial charge in [0.2, 0.25) is 0 Å². The first-order valence-corrected chi connectivity index (χ1v) is 11.2. The summed E-state index contributed by atoms with van der Waals surface area (Å²) in [6.45, 7) is 3.16. The molecule has 1 aromatic carbocycles. The van der Waals surface area contributed by atoms with E-state index < -0.39 is 0 Å². The molecule has 3 aromatic rings. The van der Waals surface area contributed by atoms with Crippen molar-refractivity contribution < 1.29 is 14.3 Å². The first-order chi connectivity index (χ1) is 15.7. The molecule has 1 aliphatic carbocycles. The van der Waals surface area contributed by atoms with E-state index in [0.717, 1.165) is 74.5 Å². The van der Waals surface area contributed by atoms with E-state index in [2.05, 4.69) is 37.3 Å². The van der Waals surface area contributed by atoms with Crippen molar-refractivity contribution >= 4 is 22.6 Å². The SMILES string of the molecule is Cn1cnc(C(=O)N[C@H]2CC[C@@H](Oc3cc(N4CCOCC4)cc4nccnc34)CC2)c1. The van der Waals surface area contributed by atoms with E-state index in [1.807, 2.05) is 7.05 Å². The molecule has 2 fully saturated rings. The van der Waals surface area contributed by atoms with Crippen LogP contribution in [0.4, 0.5) is 5.69 Å². The third-order valence-corrected chi connectivity index (χ3v) is 6.14. The highest BCUT2D eigenvalue weighted by Gasteiger charge is 2.26. The molecule has 168 valence electrons. The van der Waals surface area contributed by atoms with Crippen molar-refractivity contribution in [3.05, 3.63) is 42.7 Å². The van der Waals surface area contributed by atoms with Gasteiger partial charge >= 0.3 is 0 Å². The fraction of sp³-hybridized carbons (Fsp3) is 0.478. The van der Waals surface area contributed by atoms with Gasteiger partial charge in [-0.05, 0) is 31.7 Å². The number of hydrogen-bond donors (Lipinski definition) is 1. The summed E-state index contributed by atoms with van der Waals surface area (Å²) in [5, 5.41) is 3.10. The van der Waals surface area contributed by atoms with Gasteiger partial charge < -0.3 is 24.3 Å². The second kappa shape index (κ2) is 9.12. The van der Waals surface area contributed by atoms with Crippen molar-refractivity contribution in [2.24, 2.45) is 7.05 Å². The number of aromatic nitrogens is 4. The Morgan fingerprint density at radius 1 is 1.09 bits per heavy atom. The van der Waals surface area contributed by atoms with Crippen molar-refractivity contribution in [3.8, 4) is 5.75 Å². The molecule has 2 aromatic heterocycles. The zero-order valence-corrected chi connectivity index (χ0v) is 18.2. The number of benzene rings is 1.